The Kier molecular flexibility index (Phi) is 5.85. The molecule has 0 saturated heterocycles. The van der Waals surface area contributed by atoms with E-state index in [9.17, 15) is 4.79 Å². The Morgan fingerprint density at radius 3 is 2.76 bits per heavy atom. The summed E-state index contributed by atoms with van der Waals surface area (Å²) in [6.07, 6.45) is 3.37. The van der Waals surface area contributed by atoms with Gasteiger partial charge in [-0.1, -0.05) is 36.4 Å². The fraction of sp³-hybridized carbons (Fsp3) is 0.227. The van der Waals surface area contributed by atoms with Gasteiger partial charge >= 0.3 is 0 Å². The molecule has 0 unspecified atom stereocenters. The Morgan fingerprint density at radius 1 is 1.00 bits per heavy atom. The SMILES string of the molecule is O=C(NCCCc1ccccc1)c1ccnc(NCc2ccc3c(c2)OCO3)n1. The zero-order valence-electron chi connectivity index (χ0n) is 15.9. The third-order valence-corrected chi connectivity index (χ3v) is 4.55. The molecule has 4 rings (SSSR count). The first kappa shape index (κ1) is 18.7. The molecule has 29 heavy (non-hydrogen) atoms. The molecule has 0 radical (unpaired) electrons. The van der Waals surface area contributed by atoms with Crippen LogP contribution in [0.2, 0.25) is 0 Å². The van der Waals surface area contributed by atoms with Crippen molar-refractivity contribution < 1.29 is 14.3 Å². The van der Waals surface area contributed by atoms with E-state index < -0.39 is 0 Å². The summed E-state index contributed by atoms with van der Waals surface area (Å²) in [6.45, 7) is 1.36. The molecular formula is C22H22N4O3. The minimum Gasteiger partial charge on any atom is -0.454 e. The van der Waals surface area contributed by atoms with Crippen molar-refractivity contribution in [2.24, 2.45) is 0 Å². The number of fused-ring (bicyclic) bond motifs is 1. The van der Waals surface area contributed by atoms with Crippen molar-refractivity contribution in [3.63, 3.8) is 0 Å². The number of amides is 1. The normalized spacial score (nSPS) is 11.9. The summed E-state index contributed by atoms with van der Waals surface area (Å²) in [5.41, 5.74) is 2.61. The summed E-state index contributed by atoms with van der Waals surface area (Å²) in [4.78, 5) is 20.8. The van der Waals surface area contributed by atoms with Crippen LogP contribution in [0.15, 0.2) is 60.8 Å². The Balaban J connectivity index is 1.27. The molecule has 0 saturated carbocycles. The van der Waals surface area contributed by atoms with Crippen LogP contribution in [-0.2, 0) is 13.0 Å². The highest BCUT2D eigenvalue weighted by molar-refractivity contribution is 5.92. The van der Waals surface area contributed by atoms with E-state index >= 15 is 0 Å². The second kappa shape index (κ2) is 9.05. The zero-order chi connectivity index (χ0) is 19.9. The summed E-state index contributed by atoms with van der Waals surface area (Å²) >= 11 is 0. The molecule has 7 nitrogen and oxygen atoms in total. The van der Waals surface area contributed by atoms with Crippen molar-refractivity contribution in [3.05, 3.63) is 77.6 Å². The van der Waals surface area contributed by atoms with Gasteiger partial charge in [-0.25, -0.2) is 9.97 Å². The number of benzene rings is 2. The number of carbonyl (C=O) groups excluding carboxylic acids is 1. The smallest absolute Gasteiger partial charge is 0.270 e. The van der Waals surface area contributed by atoms with E-state index in [4.69, 9.17) is 9.47 Å². The zero-order valence-corrected chi connectivity index (χ0v) is 15.9. The van der Waals surface area contributed by atoms with Crippen LogP contribution in [0.1, 0.15) is 28.0 Å². The highest BCUT2D eigenvalue weighted by atomic mass is 16.7. The Hall–Kier alpha value is -3.61. The predicted molar refractivity (Wildman–Crippen MR) is 109 cm³/mol. The van der Waals surface area contributed by atoms with Gasteiger partial charge in [0, 0.05) is 19.3 Å². The summed E-state index contributed by atoms with van der Waals surface area (Å²) in [6, 6.07) is 17.6. The van der Waals surface area contributed by atoms with E-state index in [1.165, 1.54) is 5.56 Å². The number of aromatic nitrogens is 2. The first-order chi connectivity index (χ1) is 14.3. The van der Waals surface area contributed by atoms with Gasteiger partial charge < -0.3 is 20.1 Å². The van der Waals surface area contributed by atoms with Gasteiger partial charge in [-0.05, 0) is 42.2 Å². The van der Waals surface area contributed by atoms with Crippen molar-refractivity contribution in [2.75, 3.05) is 18.7 Å². The largest absolute Gasteiger partial charge is 0.454 e. The molecule has 0 spiro atoms. The molecule has 0 fully saturated rings. The fourth-order valence-electron chi connectivity index (χ4n) is 3.03. The number of hydrogen-bond acceptors (Lipinski definition) is 6. The number of carbonyl (C=O) groups is 1. The molecule has 7 heteroatoms. The topological polar surface area (TPSA) is 85.4 Å². The molecule has 0 atom stereocenters. The van der Waals surface area contributed by atoms with Gasteiger partial charge in [-0.3, -0.25) is 4.79 Å². The molecule has 2 heterocycles. The summed E-state index contributed by atoms with van der Waals surface area (Å²) in [5, 5.41) is 6.05. The summed E-state index contributed by atoms with van der Waals surface area (Å²) in [5.74, 6) is 1.68. The van der Waals surface area contributed by atoms with Crippen LogP contribution < -0.4 is 20.1 Å². The van der Waals surface area contributed by atoms with Crippen molar-refractivity contribution in [1.29, 1.82) is 0 Å². The van der Waals surface area contributed by atoms with Gasteiger partial charge in [-0.15, -0.1) is 0 Å². The van der Waals surface area contributed by atoms with E-state index in [1.807, 2.05) is 36.4 Å². The number of nitrogens with one attached hydrogen (secondary N) is 2. The lowest BCUT2D eigenvalue weighted by Crippen LogP contribution is -2.26. The molecule has 3 aromatic rings. The maximum atomic E-state index is 12.4. The quantitative estimate of drug-likeness (QED) is 0.575. The van der Waals surface area contributed by atoms with Crippen LogP contribution in [-0.4, -0.2) is 29.2 Å². The van der Waals surface area contributed by atoms with Crippen LogP contribution in [0.3, 0.4) is 0 Å². The second-order valence-corrected chi connectivity index (χ2v) is 6.65. The Morgan fingerprint density at radius 2 is 1.86 bits per heavy atom. The van der Waals surface area contributed by atoms with E-state index in [-0.39, 0.29) is 12.7 Å². The minimum absolute atomic E-state index is 0.202. The van der Waals surface area contributed by atoms with Gasteiger partial charge in [0.05, 0.1) is 0 Å². The fourth-order valence-corrected chi connectivity index (χ4v) is 3.03. The lowest BCUT2D eigenvalue weighted by molar-refractivity contribution is 0.0948. The van der Waals surface area contributed by atoms with Crippen LogP contribution in [0.5, 0.6) is 11.5 Å². The van der Waals surface area contributed by atoms with Gasteiger partial charge in [0.25, 0.3) is 5.91 Å². The van der Waals surface area contributed by atoms with Gasteiger partial charge in [-0.2, -0.15) is 0 Å². The maximum absolute atomic E-state index is 12.4. The van der Waals surface area contributed by atoms with Crippen molar-refractivity contribution >= 4 is 11.9 Å². The lowest BCUT2D eigenvalue weighted by atomic mass is 10.1. The van der Waals surface area contributed by atoms with Gasteiger partial charge in [0.15, 0.2) is 11.5 Å². The Labute approximate surface area is 169 Å². The van der Waals surface area contributed by atoms with E-state index in [1.54, 1.807) is 12.3 Å². The number of anilines is 1. The number of nitrogens with zero attached hydrogens (tertiary/aromatic N) is 2. The van der Waals surface area contributed by atoms with Crippen molar-refractivity contribution in [2.45, 2.75) is 19.4 Å². The average molecular weight is 390 g/mol. The third kappa shape index (κ3) is 5.01. The van der Waals surface area contributed by atoms with Crippen molar-refractivity contribution in [3.8, 4) is 11.5 Å². The molecule has 0 bridgehead atoms. The standard InChI is InChI=1S/C22H22N4O3/c27-21(23-11-4-7-16-5-2-1-3-6-16)18-10-12-24-22(26-18)25-14-17-8-9-19-20(13-17)29-15-28-19/h1-3,5-6,8-10,12-13H,4,7,11,14-15H2,(H,23,27)(H,24,25,26). The van der Waals surface area contributed by atoms with Gasteiger partial charge in [0.1, 0.15) is 5.69 Å². The highest BCUT2D eigenvalue weighted by Crippen LogP contribution is 2.32. The molecule has 1 amide bonds. The molecule has 0 aliphatic carbocycles. The molecule has 1 aliphatic rings. The molecule has 1 aliphatic heterocycles. The highest BCUT2D eigenvalue weighted by Gasteiger charge is 2.13. The first-order valence-corrected chi connectivity index (χ1v) is 9.55. The number of aryl methyl sites for hydroxylation is 1. The Bertz CT molecular complexity index is 979. The maximum Gasteiger partial charge on any atom is 0.270 e. The van der Waals surface area contributed by atoms with E-state index in [2.05, 4.69) is 32.7 Å². The van der Waals surface area contributed by atoms with Crippen molar-refractivity contribution in [1.82, 2.24) is 15.3 Å². The number of ether oxygens (including phenoxy) is 2. The molecule has 2 aromatic carbocycles. The third-order valence-electron chi connectivity index (χ3n) is 4.55. The van der Waals surface area contributed by atoms with E-state index in [0.29, 0.717) is 24.7 Å². The molecule has 2 N–H and O–H groups in total. The number of hydrogen-bond donors (Lipinski definition) is 2. The van der Waals surface area contributed by atoms with Crippen LogP contribution >= 0.6 is 0 Å². The first-order valence-electron chi connectivity index (χ1n) is 9.55. The average Bonchev–Trinajstić information content (AvgIpc) is 3.24. The predicted octanol–water partition coefficient (Wildman–Crippen LogP) is 3.18. The summed E-state index contributed by atoms with van der Waals surface area (Å²) < 4.78 is 10.7. The van der Waals surface area contributed by atoms with Crippen LogP contribution in [0.25, 0.3) is 0 Å². The second-order valence-electron chi connectivity index (χ2n) is 6.65. The van der Waals surface area contributed by atoms with Crippen LogP contribution in [0.4, 0.5) is 5.95 Å². The monoisotopic (exact) mass is 390 g/mol. The van der Waals surface area contributed by atoms with Gasteiger partial charge in [0.2, 0.25) is 12.7 Å². The molecule has 148 valence electrons. The lowest BCUT2D eigenvalue weighted by Gasteiger charge is -2.08. The van der Waals surface area contributed by atoms with E-state index in [0.717, 1.165) is 29.9 Å². The minimum atomic E-state index is -0.202. The summed E-state index contributed by atoms with van der Waals surface area (Å²) in [7, 11) is 0. The molecular weight excluding hydrogens is 368 g/mol. The molecule has 1 aromatic heterocycles. The van der Waals surface area contributed by atoms with Crippen LogP contribution in [0, 0.1) is 0 Å². The number of rotatable bonds is 8.